The van der Waals surface area contributed by atoms with Crippen LogP contribution in [0.1, 0.15) is 174 Å². The number of unbranched alkanes of at least 4 members (excludes halogenated alkanes) is 17. The Morgan fingerprint density at radius 1 is 0.639 bits per heavy atom. The number of rotatable bonds is 40. The second-order valence-electron chi connectivity index (χ2n) is 16.0. The summed E-state index contributed by atoms with van der Waals surface area (Å²) in [5.74, 6) is -0.417. The molecule has 0 radical (unpaired) electrons. The Morgan fingerprint density at radius 2 is 1.13 bits per heavy atom. The van der Waals surface area contributed by atoms with E-state index in [1.165, 1.54) is 57.8 Å². The van der Waals surface area contributed by atoms with E-state index in [0.717, 1.165) is 89.9 Å². The Bertz CT molecular complexity index is 1300. The van der Waals surface area contributed by atoms with E-state index in [4.69, 9.17) is 23.5 Å². The average molecular weight is 885 g/mol. The van der Waals surface area contributed by atoms with Crippen molar-refractivity contribution in [3.8, 4) is 0 Å². The highest BCUT2D eigenvalue weighted by Crippen LogP contribution is 2.26. The van der Waals surface area contributed by atoms with E-state index < -0.39 is 59.8 Å². The van der Waals surface area contributed by atoms with Gasteiger partial charge >= 0.3 is 16.4 Å². The largest absolute Gasteiger partial charge is 0.457 e. The lowest BCUT2D eigenvalue weighted by atomic mass is 9.99. The molecule has 0 aromatic rings. The predicted molar refractivity (Wildman–Crippen MR) is 243 cm³/mol. The number of ether oxygens (including phenoxy) is 4. The highest BCUT2D eigenvalue weighted by atomic mass is 32.3. The molecule has 13 heteroatoms. The van der Waals surface area contributed by atoms with Gasteiger partial charge in [-0.1, -0.05) is 152 Å². The van der Waals surface area contributed by atoms with Crippen molar-refractivity contribution in [2.24, 2.45) is 0 Å². The lowest BCUT2D eigenvalue weighted by Crippen LogP contribution is -2.60. The van der Waals surface area contributed by atoms with Crippen molar-refractivity contribution in [2.75, 3.05) is 26.4 Å². The molecule has 1 fully saturated rings. The van der Waals surface area contributed by atoms with E-state index in [-0.39, 0.29) is 19.6 Å². The van der Waals surface area contributed by atoms with Crippen molar-refractivity contribution in [1.29, 1.82) is 0 Å². The van der Waals surface area contributed by atoms with Crippen LogP contribution in [-0.2, 0) is 38.3 Å². The van der Waals surface area contributed by atoms with Crippen molar-refractivity contribution in [3.05, 3.63) is 60.8 Å². The topological polar surface area (TPSA) is 178 Å². The maximum Gasteiger partial charge on any atom is 0.397 e. The maximum absolute atomic E-state index is 12.9. The summed E-state index contributed by atoms with van der Waals surface area (Å²) in [7, 11) is -5.07. The molecule has 6 atom stereocenters. The lowest BCUT2D eigenvalue weighted by Gasteiger charge is -2.41. The van der Waals surface area contributed by atoms with Crippen LogP contribution in [0, 0.1) is 0 Å². The quantitative estimate of drug-likeness (QED) is 0.0198. The number of carbonyl (C=O) groups excluding carboxylic acids is 1. The number of allylic oxidation sites excluding steroid dienone is 10. The van der Waals surface area contributed by atoms with Gasteiger partial charge in [-0.2, -0.15) is 8.42 Å². The standard InChI is InChI=1S/C48H84O12S/c1-3-5-7-9-11-13-15-17-19-20-21-22-23-25-27-29-31-33-35-37-44(50)58-42(41-57-48-46(52)47(60-61(53,54)55)45(51)43(39-49)59-48)40-56-38-36-34-32-30-28-26-24-18-16-14-12-10-8-6-4-2/h5,7,11,13,16-19,21-22,42-43,45-49,51-52H,3-4,6,8-10,12,14-15,20,23-41H2,1-2H3,(H,53,54,55)/b7-5-,13-11-,18-16-,19-17-,22-21-. The molecule has 0 bridgehead atoms. The molecule has 0 aromatic carbocycles. The molecule has 6 unspecified atom stereocenters. The van der Waals surface area contributed by atoms with Gasteiger partial charge in [0.1, 0.15) is 30.5 Å². The van der Waals surface area contributed by atoms with E-state index in [1.54, 1.807) is 0 Å². The third-order valence-electron chi connectivity index (χ3n) is 10.4. The molecular formula is C48H84O12S. The summed E-state index contributed by atoms with van der Waals surface area (Å²) in [6.45, 7) is 3.83. The second kappa shape index (κ2) is 39.4. The predicted octanol–water partition coefficient (Wildman–Crippen LogP) is 10.1. The molecule has 0 amide bonds. The van der Waals surface area contributed by atoms with Crippen LogP contribution in [0.3, 0.4) is 0 Å². The van der Waals surface area contributed by atoms with E-state index in [0.29, 0.717) is 13.0 Å². The van der Waals surface area contributed by atoms with E-state index in [1.807, 2.05) is 0 Å². The molecule has 1 saturated heterocycles. The Morgan fingerprint density at radius 3 is 1.67 bits per heavy atom. The van der Waals surface area contributed by atoms with Gasteiger partial charge in [0.25, 0.3) is 0 Å². The minimum atomic E-state index is -5.07. The Labute approximate surface area is 369 Å². The summed E-state index contributed by atoms with van der Waals surface area (Å²) in [6.07, 6.45) is 39.6. The molecule has 0 saturated carbocycles. The summed E-state index contributed by atoms with van der Waals surface area (Å²) in [5, 5.41) is 30.7. The fourth-order valence-electron chi connectivity index (χ4n) is 6.83. The van der Waals surface area contributed by atoms with Gasteiger partial charge in [0.05, 0.1) is 19.8 Å². The van der Waals surface area contributed by atoms with Crippen LogP contribution in [0.4, 0.5) is 0 Å². The first kappa shape index (κ1) is 56.8. The molecular weight excluding hydrogens is 801 g/mol. The molecule has 1 heterocycles. The molecule has 0 spiro atoms. The fourth-order valence-corrected chi connectivity index (χ4v) is 7.34. The van der Waals surface area contributed by atoms with Crippen LogP contribution >= 0.6 is 0 Å². The van der Waals surface area contributed by atoms with Gasteiger partial charge in [0.2, 0.25) is 0 Å². The van der Waals surface area contributed by atoms with Crippen LogP contribution in [0.15, 0.2) is 60.8 Å². The normalized spacial score (nSPS) is 20.7. The van der Waals surface area contributed by atoms with Crippen LogP contribution in [0.5, 0.6) is 0 Å². The highest BCUT2D eigenvalue weighted by molar-refractivity contribution is 7.80. The summed E-state index contributed by atoms with van der Waals surface area (Å²) < 4.78 is 59.1. The van der Waals surface area contributed by atoms with Crippen LogP contribution in [0.2, 0.25) is 0 Å². The van der Waals surface area contributed by atoms with Crippen LogP contribution < -0.4 is 0 Å². The second-order valence-corrected chi connectivity index (χ2v) is 17.0. The van der Waals surface area contributed by atoms with Crippen LogP contribution in [0.25, 0.3) is 0 Å². The SMILES string of the molecule is CC/C=C\C/C=C\C/C=C\C/C=C\CCCCCCCCC(=O)OC(COCCCCCCCC/C=C\CCCCCCC)COC1OC(CO)C(O)C(OS(=O)(=O)O)C1O. The molecule has 61 heavy (non-hydrogen) atoms. The number of hydrogen-bond acceptors (Lipinski definition) is 11. The fraction of sp³-hybridized carbons (Fsp3) is 0.771. The summed E-state index contributed by atoms with van der Waals surface area (Å²) in [6, 6.07) is 0. The minimum Gasteiger partial charge on any atom is -0.457 e. The summed E-state index contributed by atoms with van der Waals surface area (Å²) >= 11 is 0. The van der Waals surface area contributed by atoms with Gasteiger partial charge in [-0.15, -0.1) is 0 Å². The van der Waals surface area contributed by atoms with Gasteiger partial charge in [-0.05, 0) is 77.0 Å². The molecule has 1 aliphatic rings. The summed E-state index contributed by atoms with van der Waals surface area (Å²) in [5.41, 5.74) is 0. The van der Waals surface area contributed by atoms with Gasteiger partial charge in [-0.25, -0.2) is 4.18 Å². The highest BCUT2D eigenvalue weighted by Gasteiger charge is 2.48. The smallest absolute Gasteiger partial charge is 0.397 e. The number of aliphatic hydroxyl groups excluding tert-OH is 3. The Kier molecular flexibility index (Phi) is 36.7. The minimum absolute atomic E-state index is 0.0236. The first-order chi connectivity index (χ1) is 29.6. The zero-order valence-electron chi connectivity index (χ0n) is 37.7. The zero-order valence-corrected chi connectivity index (χ0v) is 38.5. The van der Waals surface area contributed by atoms with Crippen molar-refractivity contribution >= 4 is 16.4 Å². The molecule has 354 valence electrons. The Balaban J connectivity index is 2.43. The van der Waals surface area contributed by atoms with E-state index >= 15 is 0 Å². The number of aliphatic hydroxyl groups is 3. The molecule has 0 aromatic heterocycles. The van der Waals surface area contributed by atoms with Gasteiger partial charge in [-0.3, -0.25) is 9.35 Å². The molecule has 12 nitrogen and oxygen atoms in total. The number of carbonyl (C=O) groups is 1. The van der Waals surface area contributed by atoms with Crippen molar-refractivity contribution in [2.45, 2.75) is 211 Å². The molecule has 1 aliphatic heterocycles. The van der Waals surface area contributed by atoms with E-state index in [9.17, 15) is 28.5 Å². The first-order valence-electron chi connectivity index (χ1n) is 23.5. The average Bonchev–Trinajstić information content (AvgIpc) is 3.23. The van der Waals surface area contributed by atoms with Gasteiger partial charge < -0.3 is 34.3 Å². The van der Waals surface area contributed by atoms with Gasteiger partial charge in [0.15, 0.2) is 6.29 Å². The third-order valence-corrected chi connectivity index (χ3v) is 10.8. The van der Waals surface area contributed by atoms with E-state index in [2.05, 4.69) is 78.8 Å². The van der Waals surface area contributed by atoms with Gasteiger partial charge in [0, 0.05) is 13.0 Å². The molecule has 1 rings (SSSR count). The molecule has 0 aliphatic carbocycles. The first-order valence-corrected chi connectivity index (χ1v) is 24.9. The summed E-state index contributed by atoms with van der Waals surface area (Å²) in [4.78, 5) is 12.9. The lowest BCUT2D eigenvalue weighted by molar-refractivity contribution is -0.301. The van der Waals surface area contributed by atoms with Crippen molar-refractivity contribution in [3.63, 3.8) is 0 Å². The third kappa shape index (κ3) is 33.0. The van der Waals surface area contributed by atoms with Crippen molar-refractivity contribution < 1.29 is 56.2 Å². The zero-order chi connectivity index (χ0) is 44.7. The Hall–Kier alpha value is -2.20. The maximum atomic E-state index is 12.9. The number of esters is 1. The van der Waals surface area contributed by atoms with Crippen LogP contribution in [-0.4, -0.2) is 97.5 Å². The number of hydrogen-bond donors (Lipinski definition) is 4. The molecule has 4 N–H and O–H groups in total. The monoisotopic (exact) mass is 885 g/mol. The van der Waals surface area contributed by atoms with Crippen molar-refractivity contribution in [1.82, 2.24) is 0 Å².